The molecule has 0 radical (unpaired) electrons. The molecule has 7 heteroatoms. The van der Waals surface area contributed by atoms with Gasteiger partial charge in [-0.2, -0.15) is 0 Å². The Morgan fingerprint density at radius 1 is 1.24 bits per heavy atom. The number of hydrogen-bond acceptors (Lipinski definition) is 4. The van der Waals surface area contributed by atoms with Crippen LogP contribution >= 0.6 is 27.7 Å². The molecule has 2 aromatic carbocycles. The number of methoxy groups -OCH3 is 1. The largest absolute Gasteiger partial charge is 0.385 e. The lowest BCUT2D eigenvalue weighted by Crippen LogP contribution is -2.40. The van der Waals surface area contributed by atoms with Crippen molar-refractivity contribution in [3.05, 3.63) is 69.9 Å². The molecule has 1 amide bonds. The van der Waals surface area contributed by atoms with Gasteiger partial charge in [0.15, 0.2) is 0 Å². The van der Waals surface area contributed by atoms with Gasteiger partial charge in [0.05, 0.1) is 6.54 Å². The summed E-state index contributed by atoms with van der Waals surface area (Å²) in [6, 6.07) is 14.7. The zero-order valence-electron chi connectivity index (χ0n) is 16.5. The lowest BCUT2D eigenvalue weighted by molar-refractivity contribution is -0.132. The van der Waals surface area contributed by atoms with Crippen LogP contribution in [0, 0.1) is 5.82 Å². The number of carbonyl (C=O) groups excluding carboxylic acids is 1. The Bertz CT molecular complexity index is 788. The van der Waals surface area contributed by atoms with Crippen molar-refractivity contribution in [1.29, 1.82) is 0 Å². The van der Waals surface area contributed by atoms with Crippen molar-refractivity contribution in [2.45, 2.75) is 18.3 Å². The third-order valence-corrected chi connectivity index (χ3v) is 6.66. The van der Waals surface area contributed by atoms with Crippen LogP contribution in [0.5, 0.6) is 0 Å². The number of amides is 1. The molecule has 2 aromatic rings. The topological polar surface area (TPSA) is 32.8 Å². The number of ether oxygens (including phenoxy) is 1. The van der Waals surface area contributed by atoms with E-state index in [9.17, 15) is 9.18 Å². The molecule has 1 aliphatic rings. The molecular formula is C22H26BrFN2O2S. The van der Waals surface area contributed by atoms with E-state index in [1.165, 1.54) is 17.7 Å². The first-order valence-corrected chi connectivity index (χ1v) is 11.5. The van der Waals surface area contributed by atoms with Crippen LogP contribution < -0.4 is 0 Å². The Morgan fingerprint density at radius 3 is 2.66 bits per heavy atom. The molecule has 0 bridgehead atoms. The quantitative estimate of drug-likeness (QED) is 0.486. The number of hydrogen-bond donors (Lipinski definition) is 0. The standard InChI is InChI=1S/C22H26BrFN2O2S/c1-28-13-2-11-25(15-17-3-7-19(23)8-4-17)16-21(27)26-12-14-29-22(26)18-5-9-20(24)10-6-18/h3-10,22H,2,11-16H2,1H3. The van der Waals surface area contributed by atoms with Gasteiger partial charge in [0.1, 0.15) is 11.2 Å². The molecule has 1 atom stereocenters. The van der Waals surface area contributed by atoms with Crippen LogP contribution in [-0.2, 0) is 16.1 Å². The van der Waals surface area contributed by atoms with E-state index in [1.807, 2.05) is 17.0 Å². The maximum atomic E-state index is 13.3. The molecule has 1 saturated heterocycles. The van der Waals surface area contributed by atoms with E-state index in [0.29, 0.717) is 19.7 Å². The third kappa shape index (κ3) is 6.54. The lowest BCUT2D eigenvalue weighted by Gasteiger charge is -2.28. The molecule has 29 heavy (non-hydrogen) atoms. The maximum Gasteiger partial charge on any atom is 0.237 e. The van der Waals surface area contributed by atoms with Crippen LogP contribution in [0.25, 0.3) is 0 Å². The van der Waals surface area contributed by atoms with Gasteiger partial charge in [-0.15, -0.1) is 11.8 Å². The first-order chi connectivity index (χ1) is 14.1. The molecule has 1 fully saturated rings. The van der Waals surface area contributed by atoms with Crippen molar-refractivity contribution in [3.63, 3.8) is 0 Å². The van der Waals surface area contributed by atoms with E-state index in [0.717, 1.165) is 35.3 Å². The second-order valence-electron chi connectivity index (χ2n) is 7.05. The Morgan fingerprint density at radius 2 is 1.97 bits per heavy atom. The van der Waals surface area contributed by atoms with E-state index < -0.39 is 0 Å². The number of nitrogens with zero attached hydrogens (tertiary/aromatic N) is 2. The van der Waals surface area contributed by atoms with Gasteiger partial charge in [-0.25, -0.2) is 4.39 Å². The van der Waals surface area contributed by atoms with Crippen molar-refractivity contribution >= 4 is 33.6 Å². The van der Waals surface area contributed by atoms with Gasteiger partial charge in [-0.1, -0.05) is 40.2 Å². The highest BCUT2D eigenvalue weighted by Crippen LogP contribution is 2.38. The van der Waals surface area contributed by atoms with Crippen molar-refractivity contribution in [2.24, 2.45) is 0 Å². The predicted octanol–water partition coefficient (Wildman–Crippen LogP) is 4.70. The molecule has 0 N–H and O–H groups in total. The van der Waals surface area contributed by atoms with E-state index in [-0.39, 0.29) is 17.1 Å². The van der Waals surface area contributed by atoms with Gasteiger partial charge >= 0.3 is 0 Å². The minimum atomic E-state index is -0.256. The second-order valence-corrected chi connectivity index (χ2v) is 9.15. The highest BCUT2D eigenvalue weighted by Gasteiger charge is 2.31. The van der Waals surface area contributed by atoms with Crippen molar-refractivity contribution < 1.29 is 13.9 Å². The molecule has 0 spiro atoms. The first-order valence-electron chi connectivity index (χ1n) is 9.69. The Kier molecular flexibility index (Phi) is 8.53. The summed E-state index contributed by atoms with van der Waals surface area (Å²) in [5.41, 5.74) is 2.14. The lowest BCUT2D eigenvalue weighted by atomic mass is 10.2. The summed E-state index contributed by atoms with van der Waals surface area (Å²) in [5.74, 6) is 0.747. The smallest absolute Gasteiger partial charge is 0.237 e. The molecule has 0 aromatic heterocycles. The SMILES string of the molecule is COCCCN(CC(=O)N1CCSC1c1ccc(F)cc1)Cc1ccc(Br)cc1. The van der Waals surface area contributed by atoms with Crippen molar-refractivity contribution in [2.75, 3.05) is 39.1 Å². The summed E-state index contributed by atoms with van der Waals surface area (Å²) < 4.78 is 19.5. The van der Waals surface area contributed by atoms with Crippen LogP contribution in [0.1, 0.15) is 22.9 Å². The molecule has 1 aliphatic heterocycles. The summed E-state index contributed by atoms with van der Waals surface area (Å²) >= 11 is 5.20. The summed E-state index contributed by atoms with van der Waals surface area (Å²) in [5, 5.41) is -0.0448. The zero-order valence-corrected chi connectivity index (χ0v) is 18.9. The minimum absolute atomic E-state index is 0.0448. The van der Waals surface area contributed by atoms with Crippen LogP contribution in [0.3, 0.4) is 0 Å². The maximum absolute atomic E-state index is 13.3. The van der Waals surface area contributed by atoms with Crippen LogP contribution in [0.15, 0.2) is 53.0 Å². The van der Waals surface area contributed by atoms with Gasteiger partial charge in [0.25, 0.3) is 0 Å². The van der Waals surface area contributed by atoms with Gasteiger partial charge < -0.3 is 9.64 Å². The fourth-order valence-corrected chi connectivity index (χ4v) is 4.95. The van der Waals surface area contributed by atoms with Gasteiger partial charge in [-0.3, -0.25) is 9.69 Å². The van der Waals surface area contributed by atoms with E-state index in [4.69, 9.17) is 4.74 Å². The van der Waals surface area contributed by atoms with E-state index in [2.05, 4.69) is 33.0 Å². The van der Waals surface area contributed by atoms with E-state index >= 15 is 0 Å². The molecule has 3 rings (SSSR count). The summed E-state index contributed by atoms with van der Waals surface area (Å²) in [7, 11) is 1.69. The first kappa shape index (κ1) is 22.3. The monoisotopic (exact) mass is 480 g/mol. The van der Waals surface area contributed by atoms with Crippen LogP contribution in [0.4, 0.5) is 4.39 Å². The number of carbonyl (C=O) groups is 1. The van der Waals surface area contributed by atoms with Gasteiger partial charge in [0, 0.05) is 43.6 Å². The summed E-state index contributed by atoms with van der Waals surface area (Å²) in [6.07, 6.45) is 0.871. The fourth-order valence-electron chi connectivity index (χ4n) is 3.41. The molecule has 4 nitrogen and oxygen atoms in total. The van der Waals surface area contributed by atoms with E-state index in [1.54, 1.807) is 31.0 Å². The summed E-state index contributed by atoms with van der Waals surface area (Å²) in [4.78, 5) is 17.2. The Balaban J connectivity index is 1.67. The average molecular weight is 481 g/mol. The second kappa shape index (κ2) is 11.1. The zero-order chi connectivity index (χ0) is 20.6. The highest BCUT2D eigenvalue weighted by molar-refractivity contribution is 9.10. The number of thioether (sulfide) groups is 1. The number of rotatable bonds is 9. The number of halogens is 2. The summed E-state index contributed by atoms with van der Waals surface area (Å²) in [6.45, 7) is 3.25. The highest BCUT2D eigenvalue weighted by atomic mass is 79.9. The van der Waals surface area contributed by atoms with Crippen LogP contribution in [-0.4, -0.2) is 54.8 Å². The van der Waals surface area contributed by atoms with Crippen LogP contribution in [0.2, 0.25) is 0 Å². The molecule has 0 aliphatic carbocycles. The molecule has 1 heterocycles. The Labute approximate surface area is 184 Å². The molecule has 156 valence electrons. The number of benzene rings is 2. The Hall–Kier alpha value is -1.41. The third-order valence-electron chi connectivity index (χ3n) is 4.87. The van der Waals surface area contributed by atoms with Crippen molar-refractivity contribution in [1.82, 2.24) is 9.80 Å². The predicted molar refractivity (Wildman–Crippen MR) is 119 cm³/mol. The van der Waals surface area contributed by atoms with Gasteiger partial charge in [0.2, 0.25) is 5.91 Å². The minimum Gasteiger partial charge on any atom is -0.385 e. The fraction of sp³-hybridized carbons (Fsp3) is 0.409. The molecule has 1 unspecified atom stereocenters. The molecular weight excluding hydrogens is 455 g/mol. The molecule has 0 saturated carbocycles. The normalized spacial score (nSPS) is 16.6. The van der Waals surface area contributed by atoms with Crippen molar-refractivity contribution in [3.8, 4) is 0 Å². The average Bonchev–Trinajstić information content (AvgIpc) is 3.20. The van der Waals surface area contributed by atoms with Gasteiger partial charge in [-0.05, 0) is 41.8 Å².